The highest BCUT2D eigenvalue weighted by atomic mass is 79.9. The number of carboxylic acid groups (broad SMARTS) is 1. The molecule has 0 aliphatic heterocycles. The van der Waals surface area contributed by atoms with Gasteiger partial charge in [0, 0.05) is 11.0 Å². The van der Waals surface area contributed by atoms with Gasteiger partial charge in [0.2, 0.25) is 10.0 Å². The molecule has 0 heterocycles. The van der Waals surface area contributed by atoms with Crippen molar-refractivity contribution in [3.63, 3.8) is 0 Å². The van der Waals surface area contributed by atoms with E-state index in [4.69, 9.17) is 16.7 Å². The van der Waals surface area contributed by atoms with Gasteiger partial charge in [0.25, 0.3) is 0 Å². The molecule has 8 heteroatoms. The van der Waals surface area contributed by atoms with Crippen LogP contribution >= 0.6 is 27.5 Å². The molecule has 0 atom stereocenters. The second-order valence-electron chi connectivity index (χ2n) is 3.85. The highest BCUT2D eigenvalue weighted by molar-refractivity contribution is 9.10. The minimum Gasteiger partial charge on any atom is -0.478 e. The molecule has 0 fully saturated rings. The maximum atomic E-state index is 12.0. The van der Waals surface area contributed by atoms with E-state index in [1.807, 2.05) is 0 Å². The van der Waals surface area contributed by atoms with Crippen molar-refractivity contribution in [3.8, 4) is 0 Å². The van der Waals surface area contributed by atoms with Gasteiger partial charge in [0.15, 0.2) is 0 Å². The second-order valence-corrected chi connectivity index (χ2v) is 6.85. The molecule has 5 nitrogen and oxygen atoms in total. The molecule has 1 rings (SSSR count). The van der Waals surface area contributed by atoms with Crippen LogP contribution in [-0.4, -0.2) is 26.0 Å². The zero-order valence-electron chi connectivity index (χ0n) is 9.91. The molecule has 1 aromatic rings. The van der Waals surface area contributed by atoms with Gasteiger partial charge in [-0.2, -0.15) is 0 Å². The zero-order chi connectivity index (χ0) is 14.8. The third-order valence-electron chi connectivity index (χ3n) is 2.11. The lowest BCUT2D eigenvalue weighted by Gasteiger charge is -2.09. The summed E-state index contributed by atoms with van der Waals surface area (Å²) in [5.74, 6) is -1.30. The minimum absolute atomic E-state index is 0.0497. The van der Waals surface area contributed by atoms with Crippen LogP contribution in [0.1, 0.15) is 17.3 Å². The van der Waals surface area contributed by atoms with Crippen LogP contribution in [0.5, 0.6) is 0 Å². The molecule has 104 valence electrons. The fraction of sp³-hybridized carbons (Fsp3) is 0.182. The van der Waals surface area contributed by atoms with Crippen LogP contribution in [0.15, 0.2) is 33.7 Å². The van der Waals surface area contributed by atoms with E-state index in [1.54, 1.807) is 6.92 Å². The molecular weight excluding hydrogens is 358 g/mol. The number of aromatic carboxylic acids is 1. The first-order chi connectivity index (χ1) is 8.65. The lowest BCUT2D eigenvalue weighted by molar-refractivity contribution is 0.0696. The molecule has 0 saturated carbocycles. The quantitative estimate of drug-likeness (QED) is 0.783. The van der Waals surface area contributed by atoms with E-state index in [0.29, 0.717) is 5.57 Å². The van der Waals surface area contributed by atoms with Crippen LogP contribution < -0.4 is 4.72 Å². The monoisotopic (exact) mass is 367 g/mol. The number of carbonyl (C=O) groups is 1. The molecule has 19 heavy (non-hydrogen) atoms. The van der Waals surface area contributed by atoms with Gasteiger partial charge < -0.3 is 5.11 Å². The fourth-order valence-electron chi connectivity index (χ4n) is 1.18. The average molecular weight is 369 g/mol. The first kappa shape index (κ1) is 16.2. The Hall–Kier alpha value is -0.890. The van der Waals surface area contributed by atoms with Gasteiger partial charge in [0.1, 0.15) is 0 Å². The van der Waals surface area contributed by atoms with E-state index >= 15 is 0 Å². The summed E-state index contributed by atoms with van der Waals surface area (Å²) >= 11 is 8.81. The summed E-state index contributed by atoms with van der Waals surface area (Å²) in [6.07, 6.45) is 0. The van der Waals surface area contributed by atoms with Crippen molar-refractivity contribution in [2.45, 2.75) is 11.8 Å². The van der Waals surface area contributed by atoms with E-state index in [0.717, 1.165) is 6.07 Å². The number of rotatable bonds is 5. The van der Waals surface area contributed by atoms with Crippen LogP contribution in [0.3, 0.4) is 0 Å². The Balaban J connectivity index is 3.28. The van der Waals surface area contributed by atoms with Gasteiger partial charge >= 0.3 is 5.97 Å². The summed E-state index contributed by atoms with van der Waals surface area (Å²) in [6, 6.07) is 2.26. The summed E-state index contributed by atoms with van der Waals surface area (Å²) in [4.78, 5) is 10.8. The van der Waals surface area contributed by atoms with Gasteiger partial charge in [-0.25, -0.2) is 17.9 Å². The smallest absolute Gasteiger partial charge is 0.337 e. The SMILES string of the molecule is C=C(C)CNS(=O)(=O)c1cc(Br)c(Cl)c(C(=O)O)c1. The Labute approximate surface area is 124 Å². The van der Waals surface area contributed by atoms with Crippen LogP contribution in [-0.2, 0) is 10.0 Å². The van der Waals surface area contributed by atoms with Crippen LogP contribution in [0.25, 0.3) is 0 Å². The van der Waals surface area contributed by atoms with E-state index < -0.39 is 16.0 Å². The minimum atomic E-state index is -3.81. The Morgan fingerprint density at radius 2 is 2.11 bits per heavy atom. The Kier molecular flexibility index (Phi) is 5.14. The van der Waals surface area contributed by atoms with E-state index in [1.165, 1.54) is 6.07 Å². The van der Waals surface area contributed by atoms with E-state index in [2.05, 4.69) is 27.2 Å². The topological polar surface area (TPSA) is 83.5 Å². The molecule has 0 radical (unpaired) electrons. The number of sulfonamides is 1. The van der Waals surface area contributed by atoms with Gasteiger partial charge in [-0.15, -0.1) is 0 Å². The fourth-order valence-corrected chi connectivity index (χ4v) is 3.13. The summed E-state index contributed by atoms with van der Waals surface area (Å²) in [7, 11) is -3.81. The lowest BCUT2D eigenvalue weighted by Crippen LogP contribution is -2.25. The highest BCUT2D eigenvalue weighted by Gasteiger charge is 2.20. The molecule has 0 aliphatic rings. The zero-order valence-corrected chi connectivity index (χ0v) is 13.1. The van der Waals surface area contributed by atoms with Crippen LogP contribution in [0, 0.1) is 0 Å². The standard InChI is InChI=1S/C11H11BrClNO4S/c1-6(2)5-14-19(17,18)7-3-8(11(15)16)10(13)9(12)4-7/h3-4,14H,1,5H2,2H3,(H,15,16). The number of hydrogen-bond donors (Lipinski definition) is 2. The molecule has 0 amide bonds. The molecule has 0 aromatic heterocycles. The first-order valence-corrected chi connectivity index (χ1v) is 7.67. The van der Waals surface area contributed by atoms with Gasteiger partial charge in [-0.05, 0) is 35.0 Å². The van der Waals surface area contributed by atoms with Crippen molar-refractivity contribution in [1.29, 1.82) is 0 Å². The molecular formula is C11H11BrClNO4S. The normalized spacial score (nSPS) is 11.3. The predicted octanol–water partition coefficient (Wildman–Crippen LogP) is 2.66. The molecule has 0 saturated heterocycles. The molecule has 1 aromatic carbocycles. The van der Waals surface area contributed by atoms with Crippen LogP contribution in [0.2, 0.25) is 5.02 Å². The Bertz CT molecular complexity index is 642. The number of halogens is 2. The number of benzene rings is 1. The summed E-state index contributed by atoms with van der Waals surface area (Å²) < 4.78 is 26.4. The predicted molar refractivity (Wildman–Crippen MR) is 76.1 cm³/mol. The third-order valence-corrected chi connectivity index (χ3v) is 4.75. The number of carboxylic acids is 1. The summed E-state index contributed by atoms with van der Waals surface area (Å²) in [6.45, 7) is 5.32. The Morgan fingerprint density at radius 1 is 1.53 bits per heavy atom. The maximum Gasteiger partial charge on any atom is 0.337 e. The second kappa shape index (κ2) is 6.04. The third kappa shape index (κ3) is 4.04. The summed E-state index contributed by atoms with van der Waals surface area (Å²) in [5.41, 5.74) is 0.349. The maximum absolute atomic E-state index is 12.0. The van der Waals surface area contributed by atoms with Gasteiger partial charge in [0.05, 0.1) is 15.5 Å². The molecule has 0 spiro atoms. The highest BCUT2D eigenvalue weighted by Crippen LogP contribution is 2.29. The van der Waals surface area contributed by atoms with Crippen molar-refractivity contribution >= 4 is 43.5 Å². The van der Waals surface area contributed by atoms with E-state index in [9.17, 15) is 13.2 Å². The lowest BCUT2D eigenvalue weighted by atomic mass is 10.2. The molecule has 0 bridgehead atoms. The van der Waals surface area contributed by atoms with Crippen molar-refractivity contribution in [2.24, 2.45) is 0 Å². The summed E-state index contributed by atoms with van der Waals surface area (Å²) in [5, 5.41) is 8.91. The number of hydrogen-bond acceptors (Lipinski definition) is 3. The van der Waals surface area contributed by atoms with Crippen molar-refractivity contribution in [3.05, 3.63) is 39.3 Å². The van der Waals surface area contributed by atoms with Gasteiger partial charge in [-0.3, -0.25) is 0 Å². The van der Waals surface area contributed by atoms with E-state index in [-0.39, 0.29) is 26.5 Å². The largest absolute Gasteiger partial charge is 0.478 e. The van der Waals surface area contributed by atoms with Crippen molar-refractivity contribution in [1.82, 2.24) is 4.72 Å². The van der Waals surface area contributed by atoms with Crippen LogP contribution in [0.4, 0.5) is 0 Å². The number of nitrogens with one attached hydrogen (secondary N) is 1. The van der Waals surface area contributed by atoms with Crippen molar-refractivity contribution < 1.29 is 18.3 Å². The molecule has 0 unspecified atom stereocenters. The Morgan fingerprint density at radius 3 is 2.58 bits per heavy atom. The van der Waals surface area contributed by atoms with Crippen molar-refractivity contribution in [2.75, 3.05) is 6.54 Å². The molecule has 0 aliphatic carbocycles. The van der Waals surface area contributed by atoms with Gasteiger partial charge in [-0.1, -0.05) is 23.8 Å². The molecule has 2 N–H and O–H groups in total. The first-order valence-electron chi connectivity index (χ1n) is 5.01. The average Bonchev–Trinajstić information content (AvgIpc) is 2.29.